The Morgan fingerprint density at radius 3 is 2.73 bits per heavy atom. The minimum atomic E-state index is -0.585. The second kappa shape index (κ2) is 7.47. The molecule has 7 nitrogen and oxygen atoms in total. The van der Waals surface area contributed by atoms with Gasteiger partial charge in [-0.15, -0.1) is 5.16 Å². The number of amides is 1. The monoisotopic (exact) mass is 312 g/mol. The molecular formula is C15H24N2O5. The molecule has 124 valence electrons. The summed E-state index contributed by atoms with van der Waals surface area (Å²) in [6, 6.07) is -0.585. The average molecular weight is 312 g/mol. The van der Waals surface area contributed by atoms with Crippen molar-refractivity contribution < 1.29 is 24.3 Å². The Hall–Kier alpha value is -1.79. The van der Waals surface area contributed by atoms with Crippen LogP contribution in [0.1, 0.15) is 32.6 Å². The molecule has 4 atom stereocenters. The fourth-order valence-electron chi connectivity index (χ4n) is 3.70. The van der Waals surface area contributed by atoms with Gasteiger partial charge in [0.05, 0.1) is 13.7 Å². The molecule has 0 aromatic carbocycles. The molecule has 1 amide bonds. The normalized spacial score (nSPS) is 31.6. The smallest absolute Gasteiger partial charge is 0.410 e. The standard InChI is InChI=1S/C15H24N2O5/c1-3-22-14(18)13-7-12-6-10(8-16-20)4-5-11(12)9-17(13)15(19)21-2/h8,10-13,20H,3-7,9H2,1-2H3/b16-8+/t10-,11+,12-,13+/m0/s1. The number of ether oxygens (including phenoxy) is 2. The van der Waals surface area contributed by atoms with Crippen LogP contribution >= 0.6 is 0 Å². The van der Waals surface area contributed by atoms with Crippen molar-refractivity contribution in [2.24, 2.45) is 22.9 Å². The van der Waals surface area contributed by atoms with Gasteiger partial charge in [-0.2, -0.15) is 0 Å². The summed E-state index contributed by atoms with van der Waals surface area (Å²) in [6.07, 6.45) is 4.43. The Balaban J connectivity index is 2.12. The molecule has 0 spiro atoms. The van der Waals surface area contributed by atoms with Gasteiger partial charge in [-0.05, 0) is 50.4 Å². The van der Waals surface area contributed by atoms with Crippen molar-refractivity contribution in [2.45, 2.75) is 38.6 Å². The van der Waals surface area contributed by atoms with Crippen molar-refractivity contribution in [1.82, 2.24) is 4.90 Å². The van der Waals surface area contributed by atoms with E-state index in [1.807, 2.05) is 0 Å². The number of carbonyl (C=O) groups excluding carboxylic acids is 2. The number of piperidine rings is 1. The number of hydrogen-bond donors (Lipinski definition) is 1. The molecule has 1 heterocycles. The van der Waals surface area contributed by atoms with Gasteiger partial charge in [0.1, 0.15) is 6.04 Å². The SMILES string of the molecule is CCOC(=O)[C@H]1C[C@@H]2C[C@@H](/C=N/O)CC[C@@H]2CN1C(=O)OC. The van der Waals surface area contributed by atoms with E-state index in [4.69, 9.17) is 14.7 Å². The van der Waals surface area contributed by atoms with Crippen LogP contribution in [-0.2, 0) is 14.3 Å². The van der Waals surface area contributed by atoms with Crippen molar-refractivity contribution >= 4 is 18.3 Å². The highest BCUT2D eigenvalue weighted by molar-refractivity contribution is 5.81. The van der Waals surface area contributed by atoms with E-state index in [-0.39, 0.29) is 18.5 Å². The van der Waals surface area contributed by atoms with Gasteiger partial charge in [0.2, 0.25) is 0 Å². The summed E-state index contributed by atoms with van der Waals surface area (Å²) < 4.78 is 9.92. The number of hydrogen-bond acceptors (Lipinski definition) is 6. The molecule has 2 rings (SSSR count). The van der Waals surface area contributed by atoms with E-state index in [9.17, 15) is 9.59 Å². The van der Waals surface area contributed by atoms with E-state index >= 15 is 0 Å². The summed E-state index contributed by atoms with van der Waals surface area (Å²) in [4.78, 5) is 25.6. The first-order chi connectivity index (χ1) is 10.6. The van der Waals surface area contributed by atoms with Crippen molar-refractivity contribution in [1.29, 1.82) is 0 Å². The van der Waals surface area contributed by atoms with Gasteiger partial charge in [0.15, 0.2) is 0 Å². The number of fused-ring (bicyclic) bond motifs is 1. The molecule has 1 N–H and O–H groups in total. The molecule has 0 bridgehead atoms. The summed E-state index contributed by atoms with van der Waals surface area (Å²) in [5.41, 5.74) is 0. The summed E-state index contributed by atoms with van der Waals surface area (Å²) in [7, 11) is 1.32. The summed E-state index contributed by atoms with van der Waals surface area (Å²) in [6.45, 7) is 2.56. The van der Waals surface area contributed by atoms with E-state index in [0.29, 0.717) is 24.8 Å². The Labute approximate surface area is 130 Å². The van der Waals surface area contributed by atoms with Gasteiger partial charge < -0.3 is 14.7 Å². The molecule has 1 saturated carbocycles. The van der Waals surface area contributed by atoms with Gasteiger partial charge in [0.25, 0.3) is 0 Å². The number of nitrogens with zero attached hydrogens (tertiary/aromatic N) is 2. The first-order valence-electron chi connectivity index (χ1n) is 7.79. The molecule has 2 aliphatic rings. The topological polar surface area (TPSA) is 88.4 Å². The van der Waals surface area contributed by atoms with Crippen LogP contribution in [-0.4, -0.2) is 54.7 Å². The quantitative estimate of drug-likeness (QED) is 0.372. The molecule has 1 aliphatic carbocycles. The number of rotatable bonds is 3. The number of likely N-dealkylation sites (tertiary alicyclic amines) is 1. The molecule has 0 aromatic rings. The number of esters is 1. The second-order valence-electron chi connectivity index (χ2n) is 5.98. The van der Waals surface area contributed by atoms with Crippen LogP contribution < -0.4 is 0 Å². The fourth-order valence-corrected chi connectivity index (χ4v) is 3.70. The summed E-state index contributed by atoms with van der Waals surface area (Å²) in [5, 5.41) is 11.8. The predicted octanol–water partition coefficient (Wildman–Crippen LogP) is 1.88. The highest BCUT2D eigenvalue weighted by atomic mass is 16.6. The molecule has 1 aliphatic heterocycles. The lowest BCUT2D eigenvalue weighted by molar-refractivity contribution is -0.152. The lowest BCUT2D eigenvalue weighted by atomic mass is 9.69. The van der Waals surface area contributed by atoms with Crippen molar-refractivity contribution in [3.63, 3.8) is 0 Å². The third kappa shape index (κ3) is 3.51. The lowest BCUT2D eigenvalue weighted by Gasteiger charge is -2.45. The summed E-state index contributed by atoms with van der Waals surface area (Å²) >= 11 is 0. The highest BCUT2D eigenvalue weighted by Gasteiger charge is 2.44. The fraction of sp³-hybridized carbons (Fsp3) is 0.800. The maximum absolute atomic E-state index is 12.2. The molecule has 0 unspecified atom stereocenters. The third-order valence-corrected chi connectivity index (χ3v) is 4.76. The zero-order valence-corrected chi connectivity index (χ0v) is 13.1. The first kappa shape index (κ1) is 16.6. The van der Waals surface area contributed by atoms with Gasteiger partial charge in [-0.25, -0.2) is 9.59 Å². The average Bonchev–Trinajstić information content (AvgIpc) is 2.53. The third-order valence-electron chi connectivity index (χ3n) is 4.76. The number of oxime groups is 1. The highest BCUT2D eigenvalue weighted by Crippen LogP contribution is 2.41. The molecule has 7 heteroatoms. The molecule has 0 radical (unpaired) electrons. The lowest BCUT2D eigenvalue weighted by Crippen LogP contribution is -2.55. The van der Waals surface area contributed by atoms with E-state index < -0.39 is 12.1 Å². The minimum Gasteiger partial charge on any atom is -0.464 e. The van der Waals surface area contributed by atoms with E-state index in [1.54, 1.807) is 13.1 Å². The van der Waals surface area contributed by atoms with Gasteiger partial charge >= 0.3 is 12.1 Å². The zero-order valence-electron chi connectivity index (χ0n) is 13.1. The molecule has 22 heavy (non-hydrogen) atoms. The van der Waals surface area contributed by atoms with Crippen LogP contribution in [0, 0.1) is 17.8 Å². The van der Waals surface area contributed by atoms with Crippen LogP contribution in [0.3, 0.4) is 0 Å². The molecule has 0 aromatic heterocycles. The Morgan fingerprint density at radius 1 is 1.32 bits per heavy atom. The van der Waals surface area contributed by atoms with Gasteiger partial charge in [-0.3, -0.25) is 4.90 Å². The van der Waals surface area contributed by atoms with Crippen molar-refractivity contribution in [3.05, 3.63) is 0 Å². The largest absolute Gasteiger partial charge is 0.464 e. The van der Waals surface area contributed by atoms with Crippen LogP contribution in [0.5, 0.6) is 0 Å². The molecule has 1 saturated heterocycles. The van der Waals surface area contributed by atoms with Gasteiger partial charge in [0, 0.05) is 12.8 Å². The Morgan fingerprint density at radius 2 is 2.09 bits per heavy atom. The van der Waals surface area contributed by atoms with E-state index in [2.05, 4.69) is 5.16 Å². The summed E-state index contributed by atoms with van der Waals surface area (Å²) in [5.74, 6) is 0.545. The van der Waals surface area contributed by atoms with Crippen molar-refractivity contribution in [2.75, 3.05) is 20.3 Å². The van der Waals surface area contributed by atoms with Crippen LogP contribution in [0.2, 0.25) is 0 Å². The van der Waals surface area contributed by atoms with E-state index in [1.165, 1.54) is 12.0 Å². The molecular weight excluding hydrogens is 288 g/mol. The van der Waals surface area contributed by atoms with E-state index in [0.717, 1.165) is 19.3 Å². The van der Waals surface area contributed by atoms with Gasteiger partial charge in [-0.1, -0.05) is 0 Å². The molecule has 2 fully saturated rings. The van der Waals surface area contributed by atoms with Crippen molar-refractivity contribution in [3.8, 4) is 0 Å². The van der Waals surface area contributed by atoms with Crippen LogP contribution in [0.15, 0.2) is 5.16 Å². The Bertz CT molecular complexity index is 440. The number of carbonyl (C=O) groups is 2. The second-order valence-corrected chi connectivity index (χ2v) is 5.98. The maximum atomic E-state index is 12.2. The van der Waals surface area contributed by atoms with Crippen LogP contribution in [0.25, 0.3) is 0 Å². The number of methoxy groups -OCH3 is 1. The minimum absolute atomic E-state index is 0.235. The van der Waals surface area contributed by atoms with Crippen LogP contribution in [0.4, 0.5) is 4.79 Å². The first-order valence-corrected chi connectivity index (χ1v) is 7.79. The zero-order chi connectivity index (χ0) is 16.1. The predicted molar refractivity (Wildman–Crippen MR) is 78.7 cm³/mol. The maximum Gasteiger partial charge on any atom is 0.410 e. The Kier molecular flexibility index (Phi) is 5.63.